The average Bonchev–Trinajstić information content (AvgIpc) is 3.28. The number of benzene rings is 1. The Bertz CT molecular complexity index is 1010. The topological polar surface area (TPSA) is 72.1 Å². The van der Waals surface area contributed by atoms with Crippen molar-refractivity contribution in [2.45, 2.75) is 32.7 Å². The van der Waals surface area contributed by atoms with Crippen molar-refractivity contribution in [3.8, 4) is 11.3 Å². The van der Waals surface area contributed by atoms with Crippen LogP contribution in [0.2, 0.25) is 0 Å². The summed E-state index contributed by atoms with van der Waals surface area (Å²) < 4.78 is 33.4. The van der Waals surface area contributed by atoms with Gasteiger partial charge in [0, 0.05) is 6.54 Å². The molecule has 28 heavy (non-hydrogen) atoms. The van der Waals surface area contributed by atoms with Gasteiger partial charge in [0.25, 0.3) is 5.91 Å². The lowest BCUT2D eigenvalue weighted by molar-refractivity contribution is 0.0723. The van der Waals surface area contributed by atoms with Crippen molar-refractivity contribution in [2.75, 3.05) is 6.54 Å². The number of hydrogen-bond donors (Lipinski definition) is 0. The summed E-state index contributed by atoms with van der Waals surface area (Å²) in [5, 5.41) is 3.93. The molecule has 0 N–H and O–H groups in total. The molecule has 1 aromatic carbocycles. The molecule has 1 aliphatic heterocycles. The molecule has 144 valence electrons. The highest BCUT2D eigenvalue weighted by Crippen LogP contribution is 2.34. The molecular formula is C20H18F2N4O2. The highest BCUT2D eigenvalue weighted by Gasteiger charge is 2.34. The first kappa shape index (κ1) is 18.2. The van der Waals surface area contributed by atoms with Crippen LogP contribution in [0.15, 0.2) is 35.1 Å². The van der Waals surface area contributed by atoms with Crippen LogP contribution in [0, 0.1) is 25.5 Å². The van der Waals surface area contributed by atoms with E-state index in [1.54, 1.807) is 19.3 Å². The van der Waals surface area contributed by atoms with Crippen molar-refractivity contribution in [1.29, 1.82) is 0 Å². The molecule has 0 radical (unpaired) electrons. The van der Waals surface area contributed by atoms with E-state index in [0.717, 1.165) is 17.7 Å². The highest BCUT2D eigenvalue weighted by atomic mass is 19.1. The van der Waals surface area contributed by atoms with Crippen LogP contribution in [0.5, 0.6) is 0 Å². The molecular weight excluding hydrogens is 366 g/mol. The summed E-state index contributed by atoms with van der Waals surface area (Å²) in [7, 11) is 0. The van der Waals surface area contributed by atoms with Gasteiger partial charge in [-0.2, -0.15) is 0 Å². The van der Waals surface area contributed by atoms with Crippen LogP contribution in [0.1, 0.15) is 46.4 Å². The number of rotatable bonds is 3. The monoisotopic (exact) mass is 384 g/mol. The molecule has 1 saturated heterocycles. The molecule has 1 amide bonds. The summed E-state index contributed by atoms with van der Waals surface area (Å²) in [6.07, 6.45) is 4.54. The van der Waals surface area contributed by atoms with E-state index in [-0.39, 0.29) is 0 Å². The molecule has 3 aromatic rings. The molecule has 6 nitrogen and oxygen atoms in total. The van der Waals surface area contributed by atoms with Crippen LogP contribution in [0.3, 0.4) is 0 Å². The van der Waals surface area contributed by atoms with Crippen LogP contribution in [0.25, 0.3) is 11.3 Å². The zero-order valence-corrected chi connectivity index (χ0v) is 15.4. The fourth-order valence-corrected chi connectivity index (χ4v) is 3.67. The molecule has 1 unspecified atom stereocenters. The largest absolute Gasteiger partial charge is 0.361 e. The van der Waals surface area contributed by atoms with Gasteiger partial charge in [0.2, 0.25) is 0 Å². The van der Waals surface area contributed by atoms with E-state index in [4.69, 9.17) is 4.52 Å². The Balaban J connectivity index is 1.70. The zero-order chi connectivity index (χ0) is 19.8. The molecule has 3 heterocycles. The van der Waals surface area contributed by atoms with Crippen molar-refractivity contribution in [3.05, 3.63) is 64.9 Å². The van der Waals surface area contributed by atoms with Gasteiger partial charge < -0.3 is 9.42 Å². The predicted molar refractivity (Wildman–Crippen MR) is 96.4 cm³/mol. The van der Waals surface area contributed by atoms with E-state index in [0.29, 0.717) is 42.2 Å². The zero-order valence-electron chi connectivity index (χ0n) is 15.4. The average molecular weight is 384 g/mol. The molecule has 1 aliphatic rings. The molecule has 0 saturated carbocycles. The Hall–Kier alpha value is -3.16. The van der Waals surface area contributed by atoms with Crippen molar-refractivity contribution < 1.29 is 18.1 Å². The minimum absolute atomic E-state index is 0.397. The third-order valence-electron chi connectivity index (χ3n) is 4.97. The summed E-state index contributed by atoms with van der Waals surface area (Å²) in [4.78, 5) is 23.2. The van der Waals surface area contributed by atoms with Gasteiger partial charge in [-0.3, -0.25) is 9.78 Å². The summed E-state index contributed by atoms with van der Waals surface area (Å²) >= 11 is 0. The Labute approximate surface area is 160 Å². The minimum Gasteiger partial charge on any atom is -0.361 e. The van der Waals surface area contributed by atoms with Crippen molar-refractivity contribution >= 4 is 5.91 Å². The maximum atomic E-state index is 14.1. The summed E-state index contributed by atoms with van der Waals surface area (Å²) in [5.74, 6) is -1.79. The Morgan fingerprint density at radius 2 is 1.96 bits per heavy atom. The molecule has 2 aromatic heterocycles. The summed E-state index contributed by atoms with van der Waals surface area (Å²) in [6.45, 7) is 4.00. The second-order valence-corrected chi connectivity index (χ2v) is 6.78. The van der Waals surface area contributed by atoms with E-state index in [9.17, 15) is 13.6 Å². The second kappa shape index (κ2) is 7.10. The van der Waals surface area contributed by atoms with Gasteiger partial charge in [-0.15, -0.1) is 0 Å². The van der Waals surface area contributed by atoms with Crippen molar-refractivity contribution in [1.82, 2.24) is 20.0 Å². The summed E-state index contributed by atoms with van der Waals surface area (Å²) in [5.41, 5.74) is 2.07. The molecule has 1 atom stereocenters. The number of carbonyl (C=O) groups excluding carboxylic acids is 1. The minimum atomic E-state index is -0.869. The quantitative estimate of drug-likeness (QED) is 0.682. The third-order valence-corrected chi connectivity index (χ3v) is 4.97. The fourth-order valence-electron chi connectivity index (χ4n) is 3.67. The standard InChI is InChI=1S/C20H18F2N4O2/c1-11-18(12(2)28-25-11)16-10-23-9-15(24-16)17-7-4-8-26(17)20(27)19-13(21)5-3-6-14(19)22/h3,5-6,9-10,17H,4,7-8H2,1-2H3. The van der Waals surface area contributed by atoms with Gasteiger partial charge in [0.1, 0.15) is 23.0 Å². The molecule has 4 rings (SSSR count). The van der Waals surface area contributed by atoms with Crippen molar-refractivity contribution in [2.24, 2.45) is 0 Å². The van der Waals surface area contributed by atoms with Gasteiger partial charge in [-0.25, -0.2) is 13.8 Å². The van der Waals surface area contributed by atoms with Gasteiger partial charge in [0.15, 0.2) is 0 Å². The smallest absolute Gasteiger partial charge is 0.260 e. The maximum absolute atomic E-state index is 14.1. The van der Waals surface area contributed by atoms with Gasteiger partial charge in [0.05, 0.1) is 41.1 Å². The number of aromatic nitrogens is 3. The normalized spacial score (nSPS) is 16.6. The summed E-state index contributed by atoms with van der Waals surface area (Å²) in [6, 6.07) is 3.00. The highest BCUT2D eigenvalue weighted by molar-refractivity contribution is 5.95. The van der Waals surface area contributed by atoms with Gasteiger partial charge in [-0.1, -0.05) is 11.2 Å². The lowest BCUT2D eigenvalue weighted by atomic mass is 10.1. The maximum Gasteiger partial charge on any atom is 0.260 e. The number of amides is 1. The van der Waals surface area contributed by atoms with Crippen molar-refractivity contribution in [3.63, 3.8) is 0 Å². The van der Waals surface area contributed by atoms with Gasteiger partial charge >= 0.3 is 0 Å². The molecule has 0 aliphatic carbocycles. The molecule has 1 fully saturated rings. The number of carbonyl (C=O) groups is 1. The van der Waals surface area contributed by atoms with Crippen LogP contribution >= 0.6 is 0 Å². The first-order valence-electron chi connectivity index (χ1n) is 8.97. The third kappa shape index (κ3) is 3.04. The van der Waals surface area contributed by atoms with Crippen LogP contribution in [-0.2, 0) is 0 Å². The SMILES string of the molecule is Cc1noc(C)c1-c1cncc(C2CCCN2C(=O)c2c(F)cccc2F)n1. The molecule has 8 heteroatoms. The first-order valence-corrected chi connectivity index (χ1v) is 8.97. The van der Waals surface area contributed by atoms with Crippen LogP contribution < -0.4 is 0 Å². The first-order chi connectivity index (χ1) is 13.5. The van der Waals surface area contributed by atoms with Gasteiger partial charge in [-0.05, 0) is 38.8 Å². The number of halogens is 2. The molecule has 0 bridgehead atoms. The lowest BCUT2D eigenvalue weighted by Crippen LogP contribution is -2.32. The molecule has 0 spiro atoms. The number of hydrogen-bond acceptors (Lipinski definition) is 5. The van der Waals surface area contributed by atoms with Crippen LogP contribution in [-0.4, -0.2) is 32.5 Å². The Morgan fingerprint density at radius 1 is 1.21 bits per heavy atom. The van der Waals surface area contributed by atoms with E-state index < -0.39 is 29.1 Å². The number of likely N-dealkylation sites (tertiary alicyclic amines) is 1. The predicted octanol–water partition coefficient (Wildman–Crippen LogP) is 4.00. The Morgan fingerprint density at radius 3 is 2.64 bits per heavy atom. The van der Waals surface area contributed by atoms with E-state index in [1.807, 2.05) is 6.92 Å². The number of aryl methyl sites for hydroxylation is 2. The van der Waals surface area contributed by atoms with E-state index in [2.05, 4.69) is 15.1 Å². The van der Waals surface area contributed by atoms with Crippen LogP contribution in [0.4, 0.5) is 8.78 Å². The Kier molecular flexibility index (Phi) is 4.62. The number of nitrogens with zero attached hydrogens (tertiary/aromatic N) is 4. The van der Waals surface area contributed by atoms with E-state index in [1.165, 1.54) is 11.0 Å². The fraction of sp³-hybridized carbons (Fsp3) is 0.300. The lowest BCUT2D eigenvalue weighted by Gasteiger charge is -2.24. The van der Waals surface area contributed by atoms with E-state index >= 15 is 0 Å². The second-order valence-electron chi connectivity index (χ2n) is 6.78.